The number of unbranched alkanes of at least 4 members (excludes halogenated alkanes) is 27. The number of ether oxygens (including phenoxy) is 3. The first kappa shape index (κ1) is 65.6. The molecule has 0 aromatic carbocycles. The van der Waals surface area contributed by atoms with Crippen molar-refractivity contribution in [2.75, 3.05) is 13.2 Å². The minimum Gasteiger partial charge on any atom is -0.462 e. The predicted molar refractivity (Wildman–Crippen MR) is 297 cm³/mol. The van der Waals surface area contributed by atoms with E-state index in [9.17, 15) is 14.4 Å². The zero-order chi connectivity index (χ0) is 50.0. The molecule has 0 amide bonds. The minimum atomic E-state index is -0.790. The van der Waals surface area contributed by atoms with Crippen LogP contribution in [0.2, 0.25) is 0 Å². The van der Waals surface area contributed by atoms with E-state index in [1.807, 2.05) is 0 Å². The molecule has 0 aliphatic carbocycles. The largest absolute Gasteiger partial charge is 0.462 e. The summed E-state index contributed by atoms with van der Waals surface area (Å²) >= 11 is 0. The van der Waals surface area contributed by atoms with E-state index in [1.54, 1.807) is 0 Å². The van der Waals surface area contributed by atoms with Crippen LogP contribution in [0.1, 0.15) is 278 Å². The van der Waals surface area contributed by atoms with Crippen molar-refractivity contribution in [3.8, 4) is 0 Å². The van der Waals surface area contributed by atoms with Gasteiger partial charge >= 0.3 is 17.9 Å². The lowest BCUT2D eigenvalue weighted by Crippen LogP contribution is -2.30. The number of esters is 3. The van der Waals surface area contributed by atoms with E-state index in [0.29, 0.717) is 19.3 Å². The fourth-order valence-corrected chi connectivity index (χ4v) is 8.02. The molecule has 0 aliphatic heterocycles. The highest BCUT2D eigenvalue weighted by Gasteiger charge is 2.19. The number of hydrogen-bond donors (Lipinski definition) is 0. The first-order valence-electron chi connectivity index (χ1n) is 29.1. The Morgan fingerprint density at radius 3 is 0.928 bits per heavy atom. The van der Waals surface area contributed by atoms with E-state index in [-0.39, 0.29) is 31.1 Å². The van der Waals surface area contributed by atoms with Crippen molar-refractivity contribution in [1.82, 2.24) is 0 Å². The average molecular weight is 962 g/mol. The molecule has 0 spiro atoms. The smallest absolute Gasteiger partial charge is 0.306 e. The number of allylic oxidation sites excluding steroid dienone is 14. The molecule has 0 aromatic heterocycles. The van der Waals surface area contributed by atoms with Crippen LogP contribution >= 0.6 is 0 Å². The Morgan fingerprint density at radius 1 is 0.304 bits per heavy atom. The molecule has 0 aliphatic rings. The molecule has 0 N–H and O–H groups in total. The van der Waals surface area contributed by atoms with Gasteiger partial charge in [0.1, 0.15) is 13.2 Å². The van der Waals surface area contributed by atoms with Crippen LogP contribution in [0.5, 0.6) is 0 Å². The van der Waals surface area contributed by atoms with Gasteiger partial charge in [0.05, 0.1) is 0 Å². The fourth-order valence-electron chi connectivity index (χ4n) is 8.02. The highest BCUT2D eigenvalue weighted by atomic mass is 16.6. The van der Waals surface area contributed by atoms with Crippen molar-refractivity contribution >= 4 is 17.9 Å². The van der Waals surface area contributed by atoms with Crippen LogP contribution in [0, 0.1) is 0 Å². The number of hydrogen-bond acceptors (Lipinski definition) is 6. The molecule has 0 saturated carbocycles. The lowest BCUT2D eigenvalue weighted by atomic mass is 10.0. The molecule has 69 heavy (non-hydrogen) atoms. The molecular weight excluding hydrogens is 853 g/mol. The third kappa shape index (κ3) is 55.4. The molecule has 0 aromatic rings. The van der Waals surface area contributed by atoms with Crippen LogP contribution in [-0.4, -0.2) is 37.2 Å². The average Bonchev–Trinajstić information content (AvgIpc) is 3.35. The molecule has 396 valence electrons. The van der Waals surface area contributed by atoms with Gasteiger partial charge in [0, 0.05) is 19.3 Å². The van der Waals surface area contributed by atoms with E-state index < -0.39 is 6.10 Å². The maximum absolute atomic E-state index is 12.9. The maximum atomic E-state index is 12.9. The molecule has 0 saturated heterocycles. The van der Waals surface area contributed by atoms with Crippen LogP contribution in [-0.2, 0) is 28.6 Å². The normalized spacial score (nSPS) is 12.7. The van der Waals surface area contributed by atoms with Gasteiger partial charge in [-0.2, -0.15) is 0 Å². The van der Waals surface area contributed by atoms with E-state index in [4.69, 9.17) is 14.2 Å². The Morgan fingerprint density at radius 2 is 0.580 bits per heavy atom. The summed E-state index contributed by atoms with van der Waals surface area (Å²) in [6.45, 7) is 6.48. The van der Waals surface area contributed by atoms with Crippen LogP contribution in [0.15, 0.2) is 85.1 Å². The highest BCUT2D eigenvalue weighted by Crippen LogP contribution is 2.16. The Hall–Kier alpha value is -3.41. The van der Waals surface area contributed by atoms with Gasteiger partial charge in [0.25, 0.3) is 0 Å². The van der Waals surface area contributed by atoms with Crippen molar-refractivity contribution < 1.29 is 28.6 Å². The van der Waals surface area contributed by atoms with Crippen LogP contribution in [0.25, 0.3) is 0 Å². The summed E-state index contributed by atoms with van der Waals surface area (Å²) < 4.78 is 16.9. The third-order valence-corrected chi connectivity index (χ3v) is 12.4. The highest BCUT2D eigenvalue weighted by molar-refractivity contribution is 5.71. The number of rotatable bonds is 52. The molecule has 6 heteroatoms. The van der Waals surface area contributed by atoms with Gasteiger partial charge in [-0.3, -0.25) is 14.4 Å². The van der Waals surface area contributed by atoms with E-state index >= 15 is 0 Å². The van der Waals surface area contributed by atoms with Gasteiger partial charge in [0.2, 0.25) is 0 Å². The van der Waals surface area contributed by atoms with Gasteiger partial charge < -0.3 is 14.2 Å². The molecule has 0 fully saturated rings. The van der Waals surface area contributed by atoms with Crippen LogP contribution in [0.3, 0.4) is 0 Å². The Bertz CT molecular complexity index is 1330. The summed E-state index contributed by atoms with van der Waals surface area (Å²) in [4.78, 5) is 38.2. The SMILES string of the molecule is CC/C=C\C/C=C\C/C=C\C/C=C\C/C=C\CCCCCCCC(=O)OCC(COC(=O)CCCCCCC/C=C\C/C=C\CCCC)OC(=O)CCCCCCCCCCCCCCCCCC. The molecule has 0 radical (unpaired) electrons. The van der Waals surface area contributed by atoms with E-state index in [1.165, 1.54) is 103 Å². The molecule has 0 bridgehead atoms. The first-order valence-corrected chi connectivity index (χ1v) is 29.1. The van der Waals surface area contributed by atoms with Crippen molar-refractivity contribution in [1.29, 1.82) is 0 Å². The summed E-state index contributed by atoms with van der Waals surface area (Å²) in [5.41, 5.74) is 0. The van der Waals surface area contributed by atoms with E-state index in [0.717, 1.165) is 135 Å². The lowest BCUT2D eigenvalue weighted by molar-refractivity contribution is -0.167. The predicted octanol–water partition coefficient (Wildman–Crippen LogP) is 19.5. The standard InChI is InChI=1S/C63H108O6/c1-4-7-10-13-16-19-22-25-28-30-31-32-33-34-36-38-41-44-47-50-53-56-62(65)68-59-60(58-67-61(64)55-52-49-46-43-40-37-27-24-21-18-15-12-9-6-3)69-63(66)57-54-51-48-45-42-39-35-29-26-23-20-17-14-11-8-5-2/h7,10,15-16,18-19,24-25,27-28,31-32,34,36,60H,4-6,8-9,11-14,17,20-23,26,29-30,33,35,37-59H2,1-3H3/b10-7-,18-15-,19-16-,27-24-,28-25-,32-31-,36-34-. The quantitative estimate of drug-likeness (QED) is 0.0262. The van der Waals surface area contributed by atoms with Crippen molar-refractivity contribution in [2.45, 2.75) is 284 Å². The zero-order valence-corrected chi connectivity index (χ0v) is 45.3. The van der Waals surface area contributed by atoms with Gasteiger partial charge in [-0.15, -0.1) is 0 Å². The zero-order valence-electron chi connectivity index (χ0n) is 45.3. The monoisotopic (exact) mass is 961 g/mol. The van der Waals surface area contributed by atoms with E-state index in [2.05, 4.69) is 106 Å². The second-order valence-corrected chi connectivity index (χ2v) is 19.2. The van der Waals surface area contributed by atoms with Gasteiger partial charge in [-0.05, 0) is 89.9 Å². The summed E-state index contributed by atoms with van der Waals surface area (Å²) in [5.74, 6) is -0.912. The Labute approximate surface area is 426 Å². The second kappa shape index (κ2) is 57.2. The lowest BCUT2D eigenvalue weighted by Gasteiger charge is -2.18. The van der Waals surface area contributed by atoms with Crippen molar-refractivity contribution in [2.24, 2.45) is 0 Å². The topological polar surface area (TPSA) is 78.9 Å². The molecule has 0 heterocycles. The van der Waals surface area contributed by atoms with Gasteiger partial charge in [-0.25, -0.2) is 0 Å². The Kier molecular flexibility index (Phi) is 54.3. The molecule has 1 unspecified atom stereocenters. The fraction of sp³-hybridized carbons (Fsp3) is 0.730. The number of carbonyl (C=O) groups is 3. The van der Waals surface area contributed by atoms with Gasteiger partial charge in [0.15, 0.2) is 6.10 Å². The van der Waals surface area contributed by atoms with Crippen molar-refractivity contribution in [3.05, 3.63) is 85.1 Å². The maximum Gasteiger partial charge on any atom is 0.306 e. The molecule has 6 nitrogen and oxygen atoms in total. The molecular formula is C63H108O6. The molecule has 0 rings (SSSR count). The Balaban J connectivity index is 4.41. The summed E-state index contributed by atoms with van der Waals surface area (Å²) in [7, 11) is 0. The second-order valence-electron chi connectivity index (χ2n) is 19.2. The third-order valence-electron chi connectivity index (χ3n) is 12.4. The van der Waals surface area contributed by atoms with Crippen molar-refractivity contribution in [3.63, 3.8) is 0 Å². The van der Waals surface area contributed by atoms with Gasteiger partial charge in [-0.1, -0.05) is 254 Å². The first-order chi connectivity index (χ1) is 34.0. The summed E-state index contributed by atoms with van der Waals surface area (Å²) in [6, 6.07) is 0. The number of carbonyl (C=O) groups excluding carboxylic acids is 3. The summed E-state index contributed by atoms with van der Waals surface area (Å²) in [6.07, 6.45) is 74.2. The van der Waals surface area contributed by atoms with Crippen LogP contribution < -0.4 is 0 Å². The molecule has 1 atom stereocenters. The van der Waals surface area contributed by atoms with Crippen LogP contribution in [0.4, 0.5) is 0 Å². The summed E-state index contributed by atoms with van der Waals surface area (Å²) in [5, 5.41) is 0. The minimum absolute atomic E-state index is 0.0885.